The van der Waals surface area contributed by atoms with E-state index >= 15 is 0 Å². The van der Waals surface area contributed by atoms with Crippen molar-refractivity contribution < 1.29 is 213 Å². The largest absolute Gasteiger partial charge is 0.502 e. The molecule has 30 atom stereocenters. The number of aromatic hydroxyl groups is 3. The lowest BCUT2D eigenvalue weighted by molar-refractivity contribution is -0.368. The van der Waals surface area contributed by atoms with Crippen LogP contribution >= 0.6 is 34.0 Å². The van der Waals surface area contributed by atoms with Crippen molar-refractivity contribution in [3.05, 3.63) is 190 Å². The fourth-order valence-corrected chi connectivity index (χ4v) is 21.8. The molecule has 9 N–H and O–H groups in total. The third-order valence-corrected chi connectivity index (χ3v) is 28.9. The molecular formula is C96H96O39S3. The molecule has 3 aliphatic carbocycles. The SMILES string of the molecule is [2H]C([2H])([2H])Oc1cc([C@]2([2H])c3cc4c(cc3[C@@H](O[C@@H]3O[C@H]5[C@@H](O[C@H](c6cccs6)OC5([2H])[2H])[C@H](O)[C@H]3O)[C@H]3COC(=O)[C@@H]32)OCO4)cc(OC([2H])([2H])[2H])c1O.[2H]C1([2H])OC(=O)[C@@H]2[C@H](c3cc(OC)c(O)c(OC)c3)c3cc4c(cc3[C@@H](O[C@@H]3O[C@H]5[C@@H](O[C@H](c6cccs6)OC5([2H])[2H])[C@H](O)[C@H]3O)[C@H]21)OCO4.[2H]C1([2H])OC(=O)[C@H]2[C@H]1[C@H](O[C@@H]1O[C@H]3[C@@H](O[C@H](c4cccs4)OC3([2H])[2H])[C@H](O)[C@H]1O)c1cc3c(cc1[C@@]2([2H])c1cc(OC)c(O)c(OC)c1)OCO3. The van der Waals surface area contributed by atoms with Crippen LogP contribution in [0.2, 0.25) is 0 Å². The van der Waals surface area contributed by atoms with Gasteiger partial charge in [-0.2, -0.15) is 0 Å². The molecule has 39 nitrogen and oxygen atoms in total. The van der Waals surface area contributed by atoms with Crippen molar-refractivity contribution in [3.8, 4) is 86.2 Å². The number of benzene rings is 6. The van der Waals surface area contributed by atoms with E-state index in [9.17, 15) is 63.1 Å². The topological polar surface area (TPSA) is 482 Å². The van der Waals surface area contributed by atoms with Crippen LogP contribution in [0, 0.1) is 35.5 Å². The number of rotatable bonds is 18. The second-order valence-electron chi connectivity index (χ2n) is 33.6. The zero-order chi connectivity index (χ0) is 111. The van der Waals surface area contributed by atoms with Gasteiger partial charge in [0.15, 0.2) is 107 Å². The van der Waals surface area contributed by atoms with Gasteiger partial charge in [0, 0.05) is 38.2 Å². The number of aliphatic hydroxyl groups excluding tert-OH is 6. The number of fused-ring (bicyclic) bond motifs is 12. The molecule has 9 aromatic rings. The molecule has 42 heteroatoms. The first kappa shape index (κ1) is 73.3. The molecule has 24 rings (SSSR count). The van der Waals surface area contributed by atoms with E-state index in [1.165, 1.54) is 111 Å². The molecular weight excluding hydrogens is 1870 g/mol. The number of hydrogen-bond acceptors (Lipinski definition) is 42. The van der Waals surface area contributed by atoms with E-state index < -0.39 is 265 Å². The standard InChI is InChI=1S/3C32H32O13S/c3*1-37-19-6-13(7-20(38-2)25(19)33)23-14-8-17-18(42-12-41-17)9-15(14)28(16-10-39-30(36)24(16)23)44-32-27(35)26(34)29-21(43-32)11-40-31(45-29)22-4-3-5-46-22/h3*3-9,16,21,23-24,26-29,31-35H,10-12H2,1-2H3/t3*16-,21+,23+,24-,26+,27+,28+,29+,31+,32-/m000/s1/i1D3,2D3,11D2,23D;10D2,11D2,23D;10D2,11D2. The minimum Gasteiger partial charge on any atom is -0.502 e. The van der Waals surface area contributed by atoms with Crippen LogP contribution in [0.4, 0.5) is 0 Å². The summed E-state index contributed by atoms with van der Waals surface area (Å²) in [5.74, 6) is -18.7. The lowest BCUT2D eigenvalue weighted by Gasteiger charge is -2.48. The Kier molecular flexibility index (Phi) is 20.0. The summed E-state index contributed by atoms with van der Waals surface area (Å²) in [6.07, 6.45) is -32.9. The summed E-state index contributed by atoms with van der Waals surface area (Å²) >= 11 is 3.74. The van der Waals surface area contributed by atoms with Gasteiger partial charge in [-0.15, -0.1) is 34.0 Å². The summed E-state index contributed by atoms with van der Waals surface area (Å²) in [7, 11) is -1.04. The highest BCUT2D eigenvalue weighted by atomic mass is 32.1. The Hall–Kier alpha value is -10.9. The van der Waals surface area contributed by atoms with Crippen LogP contribution in [-0.4, -0.2) is 258 Å². The summed E-state index contributed by atoms with van der Waals surface area (Å²) in [4.78, 5) is 42.8. The molecule has 0 radical (unpaired) electrons. The molecule has 15 heterocycles. The minimum atomic E-state index is -3.16. The number of thiophene rings is 3. The van der Waals surface area contributed by atoms with E-state index in [1.54, 1.807) is 64.7 Å². The normalized spacial score (nSPS) is 39.3. The van der Waals surface area contributed by atoms with E-state index in [4.69, 9.17) is 150 Å². The van der Waals surface area contributed by atoms with Crippen molar-refractivity contribution in [1.29, 1.82) is 0 Å². The van der Waals surface area contributed by atoms with Crippen molar-refractivity contribution in [2.24, 2.45) is 35.5 Å². The van der Waals surface area contributed by atoms with Gasteiger partial charge in [-0.05, 0) is 157 Å². The van der Waals surface area contributed by atoms with Gasteiger partial charge in [-0.25, -0.2) is 0 Å². The summed E-state index contributed by atoms with van der Waals surface area (Å²) in [6.45, 7) is -13.9. The number of ether oxygens (including phenoxy) is 27. The van der Waals surface area contributed by atoms with Gasteiger partial charge >= 0.3 is 17.9 Å². The Morgan fingerprint density at radius 3 is 1.02 bits per heavy atom. The first-order chi connectivity index (χ1) is 73.8. The summed E-state index contributed by atoms with van der Waals surface area (Å²) in [5.41, 5.74) is 1.31. The molecule has 9 saturated heterocycles. The van der Waals surface area contributed by atoms with E-state index in [1.807, 2.05) is 0 Å². The van der Waals surface area contributed by atoms with Gasteiger partial charge in [0.2, 0.25) is 37.6 Å². The fraction of sp³-hybridized carbons (Fsp3) is 0.469. The number of hydrogen-bond donors (Lipinski definition) is 9. The maximum absolute atomic E-state index is 13.8. The van der Waals surface area contributed by atoms with Crippen molar-refractivity contribution in [2.75, 3.05) is 102 Å². The van der Waals surface area contributed by atoms with Gasteiger partial charge < -0.3 is 174 Å². The minimum absolute atomic E-state index is 0.0191. The number of carbonyl (C=O) groups is 3. The molecule has 0 unspecified atom stereocenters. The fourth-order valence-electron chi connectivity index (χ4n) is 19.7. The maximum Gasteiger partial charge on any atom is 0.310 e. The third kappa shape index (κ3) is 16.1. The lowest BCUT2D eigenvalue weighted by Crippen LogP contribution is -2.62. The van der Waals surface area contributed by atoms with Crippen LogP contribution in [-0.2, 0) is 85.4 Å². The van der Waals surface area contributed by atoms with Crippen LogP contribution < -0.4 is 56.8 Å². The molecule has 9 fully saturated rings. The van der Waals surface area contributed by atoms with E-state index in [0.29, 0.717) is 42.8 Å². The predicted molar refractivity (Wildman–Crippen MR) is 468 cm³/mol. The van der Waals surface area contributed by atoms with Gasteiger partial charge in [0.05, 0.1) is 155 Å². The third-order valence-electron chi connectivity index (χ3n) is 26.2. The molecule has 0 spiro atoms. The van der Waals surface area contributed by atoms with Crippen LogP contribution in [0.5, 0.6) is 86.2 Å². The van der Waals surface area contributed by atoms with Gasteiger partial charge in [-0.1, -0.05) is 18.2 Å². The van der Waals surface area contributed by atoms with Gasteiger partial charge in [-0.3, -0.25) is 14.4 Å². The zero-order valence-electron chi connectivity index (χ0n) is 90.1. The van der Waals surface area contributed by atoms with Crippen LogP contribution in [0.15, 0.2) is 125 Å². The molecule has 15 aliphatic rings. The maximum atomic E-state index is 13.8. The summed E-state index contributed by atoms with van der Waals surface area (Å²) in [6, 6.07) is 26.8. The number of phenols is 3. The number of esters is 3. The number of aliphatic hydroxyl groups is 6. The van der Waals surface area contributed by atoms with Crippen LogP contribution in [0.3, 0.4) is 0 Å². The second-order valence-corrected chi connectivity index (χ2v) is 36.5. The molecule has 732 valence electrons. The number of cyclic esters (lactones) is 3. The van der Waals surface area contributed by atoms with E-state index in [-0.39, 0.29) is 118 Å². The molecule has 0 saturated carbocycles. The van der Waals surface area contributed by atoms with Crippen molar-refractivity contribution in [2.45, 2.75) is 147 Å². The highest BCUT2D eigenvalue weighted by molar-refractivity contribution is 7.10. The van der Waals surface area contributed by atoms with E-state index in [0.717, 1.165) is 12.1 Å². The number of methoxy groups -OCH3 is 6. The molecule has 6 aromatic carbocycles. The molecule has 0 amide bonds. The summed E-state index contributed by atoms with van der Waals surface area (Å²) in [5, 5.41) is 105. The average Bonchev–Trinajstić information content (AvgIpc) is 1.47. The van der Waals surface area contributed by atoms with E-state index in [2.05, 4.69) is 0 Å². The summed E-state index contributed by atoms with van der Waals surface area (Å²) < 4.78 is 306. The highest BCUT2D eigenvalue weighted by Gasteiger charge is 2.62. The predicted octanol–water partition coefficient (Wildman–Crippen LogP) is 8.26. The number of phenolic OH excluding ortho intramolecular Hbond substituents is 3. The Labute approximate surface area is 822 Å². The smallest absolute Gasteiger partial charge is 0.310 e. The van der Waals surface area contributed by atoms with Crippen LogP contribution in [0.25, 0.3) is 0 Å². The Balaban J connectivity index is 0.000000131. The van der Waals surface area contributed by atoms with Gasteiger partial charge in [0.25, 0.3) is 0 Å². The Morgan fingerprint density at radius 1 is 0.355 bits per heavy atom. The first-order valence-corrected chi connectivity index (χ1v) is 45.6. The average molecular weight is 1990 g/mol. The van der Waals surface area contributed by atoms with Crippen molar-refractivity contribution in [3.63, 3.8) is 0 Å². The number of carbonyl (C=O) groups excluding carboxylic acids is 3. The van der Waals surface area contributed by atoms with Crippen LogP contribution in [0.1, 0.15) is 144 Å². The Morgan fingerprint density at radius 2 is 0.667 bits per heavy atom. The quantitative estimate of drug-likeness (QED) is 0.0288. The first-order valence-electron chi connectivity index (χ1n) is 52.0. The van der Waals surface area contributed by atoms with Gasteiger partial charge in [0.1, 0.15) is 73.2 Å². The zero-order valence-corrected chi connectivity index (χ0v) is 74.6. The molecule has 12 aliphatic heterocycles. The molecule has 138 heavy (non-hydrogen) atoms. The Bertz CT molecular complexity index is 6840. The van der Waals surface area contributed by atoms with Crippen molar-refractivity contribution in [1.82, 2.24) is 0 Å². The van der Waals surface area contributed by atoms with Crippen molar-refractivity contribution >= 4 is 51.9 Å². The lowest BCUT2D eigenvalue weighted by atomic mass is 9.66. The highest BCUT2D eigenvalue weighted by Crippen LogP contribution is 2.63. The second kappa shape index (κ2) is 37.6. The molecule has 3 aromatic heterocycles. The molecule has 0 bridgehead atoms. The monoisotopic (exact) mass is 1990 g/mol.